The van der Waals surface area contributed by atoms with E-state index in [2.05, 4.69) is 0 Å². The molecule has 0 amide bonds. The van der Waals surface area contributed by atoms with Crippen molar-refractivity contribution in [2.45, 2.75) is 24.6 Å². The molecule has 2 rings (SSSR count). The van der Waals surface area contributed by atoms with Gasteiger partial charge in [-0.2, -0.15) is 9.59 Å². The number of halogens is 11. The quantitative estimate of drug-likeness (QED) is 0.118. The van der Waals surface area contributed by atoms with Crippen LogP contribution in [0, 0.1) is 40.5 Å². The van der Waals surface area contributed by atoms with E-state index in [9.17, 15) is 84.1 Å². The van der Waals surface area contributed by atoms with Gasteiger partial charge >= 0.3 is 32.6 Å². The number of benzene rings is 2. The Balaban J connectivity index is -0.000000209. The summed E-state index contributed by atoms with van der Waals surface area (Å²) in [5.74, 6) is -2.30. The number of nitro benzene ring substituents is 4. The van der Waals surface area contributed by atoms with Gasteiger partial charge in [0, 0.05) is 42.8 Å². The fraction of sp³-hybridized carbons (Fsp3) is 0.125. The zero-order valence-electron chi connectivity index (χ0n) is 19.6. The van der Waals surface area contributed by atoms with Gasteiger partial charge in [-0.15, -0.1) is 24.0 Å². The van der Waals surface area contributed by atoms with Crippen LogP contribution in [-0.2, 0) is 28.1 Å². The summed E-state index contributed by atoms with van der Waals surface area (Å²) in [6.45, 7) is 0. The van der Waals surface area contributed by atoms with E-state index in [-0.39, 0.29) is 69.6 Å². The van der Waals surface area contributed by atoms with Gasteiger partial charge in [-0.25, -0.2) is 4.79 Å². The summed E-state index contributed by atoms with van der Waals surface area (Å²) in [6, 6.07) is -2.19. The molecule has 0 saturated heterocycles. The van der Waals surface area contributed by atoms with Crippen molar-refractivity contribution in [3.8, 4) is 0 Å². The molecule has 0 heterocycles. The maximum atomic E-state index is 12.6. The molecule has 16 nitrogen and oxygen atoms in total. The second kappa shape index (κ2) is 14.3. The number of aromatic carboxylic acids is 1. The molecule has 0 bridgehead atoms. The van der Waals surface area contributed by atoms with Crippen LogP contribution in [0.2, 0.25) is 0 Å². The molecule has 0 saturated carbocycles. The topological polar surface area (TPSA) is 244 Å². The van der Waals surface area contributed by atoms with E-state index in [1.165, 1.54) is 0 Å². The largest absolute Gasteiger partial charge is 0.477 e. The maximum Gasteiger partial charge on any atom is 0.373 e. The third-order valence-electron chi connectivity index (χ3n) is 3.87. The minimum atomic E-state index is -10.5. The van der Waals surface area contributed by atoms with Crippen LogP contribution in [0.5, 0.6) is 0 Å². The first kappa shape index (κ1) is 51.8. The van der Waals surface area contributed by atoms with Gasteiger partial charge in [0.15, 0.2) is 0 Å². The molecule has 30 heteroatoms. The predicted molar refractivity (Wildman–Crippen MR) is 143 cm³/mol. The Hall–Kier alpha value is -3.80. The van der Waals surface area contributed by atoms with E-state index < -0.39 is 108 Å². The van der Waals surface area contributed by atoms with Crippen LogP contribution < -0.4 is 0 Å². The van der Waals surface area contributed by atoms with E-state index >= 15 is 0 Å². The Morgan fingerprint density at radius 2 is 0.848 bits per heavy atom. The zero-order valence-corrected chi connectivity index (χ0v) is 24.9. The van der Waals surface area contributed by atoms with Gasteiger partial charge in [0.05, 0.1) is 25.8 Å². The number of hydrogen-bond acceptors (Lipinski definition) is 11. The second-order valence-electron chi connectivity index (χ2n) is 6.88. The maximum absolute atomic E-state index is 12.6. The molecular weight excluding hydrogens is 872 g/mol. The van der Waals surface area contributed by atoms with Crippen molar-refractivity contribution < 1.29 is 96.6 Å². The second-order valence-corrected chi connectivity index (χ2v) is 11.7. The minimum Gasteiger partial charge on any atom is -0.477 e. The minimum absolute atomic E-state index is 0. The molecule has 0 atom stereocenters. The number of carbonyl (C=O) groups excluding carboxylic acids is 2. The van der Waals surface area contributed by atoms with E-state index in [1.807, 2.05) is 0 Å². The number of carboxylic acid groups (broad SMARTS) is 1. The number of rotatable bonds is 7. The molecule has 0 spiro atoms. The van der Waals surface area contributed by atoms with E-state index in [0.717, 1.165) is 0 Å². The molecule has 0 aliphatic carbocycles. The Morgan fingerprint density at radius 1 is 0.609 bits per heavy atom. The molecule has 0 aliphatic rings. The smallest absolute Gasteiger partial charge is 0.373 e. The van der Waals surface area contributed by atoms with Crippen molar-refractivity contribution in [3.63, 3.8) is 0 Å². The summed E-state index contributed by atoms with van der Waals surface area (Å²) >= 11 is 0. The standard InChI is InChI=1S/C7H3F5N2O6S.C6H3F5N2O4S.CO2.2CH4.HI.V/c8-21(9,10,11,12)3-1-4(13(17)18)6(7(15)16)5(2-3)14(19)20;7-18(8,9,10,11)6-2-4(12(14)15)1-5(3-6)13(16)17;2-1-3;;;;/h1-2H,(H,15,16);1-3H;;2*1H4;1H;. The number of nitro groups is 4. The Morgan fingerprint density at radius 3 is 1.02 bits per heavy atom. The van der Waals surface area contributed by atoms with Crippen LogP contribution in [0.25, 0.3) is 0 Å². The monoisotopic (exact) mass is 887 g/mol. The first-order valence-corrected chi connectivity index (χ1v) is 12.7. The van der Waals surface area contributed by atoms with Gasteiger partial charge in [0.1, 0.15) is 9.79 Å². The van der Waals surface area contributed by atoms with Crippen LogP contribution in [0.15, 0.2) is 40.1 Å². The van der Waals surface area contributed by atoms with Crippen LogP contribution in [0.3, 0.4) is 0 Å². The van der Waals surface area contributed by atoms with E-state index in [0.29, 0.717) is 0 Å². The number of carboxylic acids is 1. The van der Waals surface area contributed by atoms with Crippen molar-refractivity contribution in [2.75, 3.05) is 0 Å². The van der Waals surface area contributed by atoms with Gasteiger partial charge in [-0.3, -0.25) is 40.5 Å². The molecule has 46 heavy (non-hydrogen) atoms. The number of carbonyl (C=O) groups is 1. The van der Waals surface area contributed by atoms with Gasteiger partial charge in [0.2, 0.25) is 5.56 Å². The summed E-state index contributed by atoms with van der Waals surface area (Å²) in [7, 11) is -20.7. The van der Waals surface area contributed by atoms with Gasteiger partial charge < -0.3 is 5.11 Å². The van der Waals surface area contributed by atoms with Gasteiger partial charge in [0.25, 0.3) is 22.7 Å². The normalized spacial score (nSPS) is 13.1. The van der Waals surface area contributed by atoms with Crippen molar-refractivity contribution in [1.29, 1.82) is 0 Å². The summed E-state index contributed by atoms with van der Waals surface area (Å²) < 4.78 is 125. The van der Waals surface area contributed by atoms with Crippen LogP contribution in [0.1, 0.15) is 25.2 Å². The Labute approximate surface area is 276 Å². The van der Waals surface area contributed by atoms with Crippen LogP contribution in [0.4, 0.5) is 61.6 Å². The molecule has 0 aromatic heterocycles. The molecule has 265 valence electrons. The third-order valence-corrected chi connectivity index (χ3v) is 6.12. The van der Waals surface area contributed by atoms with Crippen molar-refractivity contribution in [3.05, 3.63) is 76.4 Å². The third kappa shape index (κ3) is 15.0. The van der Waals surface area contributed by atoms with Gasteiger partial charge in [-0.05, 0) is 0 Å². The molecule has 1 N–H and O–H groups in total. The summed E-state index contributed by atoms with van der Waals surface area (Å²) in [6.07, 6.45) is 0.250. The van der Waals surface area contributed by atoms with E-state index in [1.54, 1.807) is 0 Å². The SMILES string of the molecule is C.C.I.O=C(O)c1c([N+](=O)[O-])cc(S(F)(F)(F)(F)F)cc1[N+](=O)[O-].O=C=O.O=[N+]([O-])c1cc([N+](=O)[O-])cc(S(F)(F)(F)(F)F)c1.[V]. The van der Waals surface area contributed by atoms with Crippen LogP contribution in [-0.4, -0.2) is 36.9 Å². The molecule has 2 aromatic rings. The molecule has 0 fully saturated rings. The molecule has 2 aromatic carbocycles. The average molecular weight is 887 g/mol. The Kier molecular flexibility index (Phi) is 16.1. The summed E-state index contributed by atoms with van der Waals surface area (Å²) in [4.78, 5) is 56.6. The fourth-order valence-corrected chi connectivity index (χ4v) is 3.67. The first-order valence-electron chi connectivity index (χ1n) is 8.78. The fourth-order valence-electron chi connectivity index (χ4n) is 2.32. The first-order chi connectivity index (χ1) is 18.2. The van der Waals surface area contributed by atoms with Crippen molar-refractivity contribution in [2.24, 2.45) is 0 Å². The number of nitrogens with zero attached hydrogens (tertiary/aromatic N) is 4. The Bertz CT molecular complexity index is 1510. The summed E-state index contributed by atoms with van der Waals surface area (Å²) in [5.41, 5.74) is -8.52. The number of non-ortho nitro benzene ring substituents is 2. The van der Waals surface area contributed by atoms with E-state index in [4.69, 9.17) is 14.7 Å². The number of hydrogen-bond donors (Lipinski definition) is 1. The van der Waals surface area contributed by atoms with Crippen LogP contribution >= 0.6 is 44.4 Å². The summed E-state index contributed by atoms with van der Waals surface area (Å²) in [5, 5.41) is 50.1. The van der Waals surface area contributed by atoms with Crippen molar-refractivity contribution in [1.82, 2.24) is 0 Å². The van der Waals surface area contributed by atoms with Crippen molar-refractivity contribution >= 4 is 79.3 Å². The van der Waals surface area contributed by atoms with Gasteiger partial charge in [-0.1, -0.05) is 53.7 Å². The molecule has 0 unspecified atom stereocenters. The zero-order chi connectivity index (χ0) is 34.0. The average Bonchev–Trinajstić information content (AvgIpc) is 2.75. The predicted octanol–water partition coefficient (Wildman–Crippen LogP) is 9.32. The molecular formula is C16H15F10IN4O12S2V. The molecule has 0 aliphatic heterocycles. The molecule has 1 radical (unpaired) electrons.